The second kappa shape index (κ2) is 4.26. The van der Waals surface area contributed by atoms with Crippen LogP contribution in [0.4, 0.5) is 4.79 Å². The maximum atomic E-state index is 10.9. The van der Waals surface area contributed by atoms with Gasteiger partial charge in [0, 0.05) is 6.20 Å². The molecule has 1 rings (SSSR count). The predicted molar refractivity (Wildman–Crippen MR) is 49.6 cm³/mol. The van der Waals surface area contributed by atoms with Crippen molar-refractivity contribution in [3.63, 3.8) is 0 Å². The largest absolute Gasteiger partial charge is 0.449 e. The Labute approximate surface area is 80.3 Å². The molecule has 76 valence electrons. The molecular weight excluding hydrogens is 186 g/mol. The molecule has 0 spiro atoms. The maximum Gasteiger partial charge on any atom is 0.427 e. The molecule has 7 heteroatoms. The third-order valence-electron chi connectivity index (χ3n) is 1.35. The molecule has 1 heterocycles. The Morgan fingerprint density at radius 1 is 1.86 bits per heavy atom. The fourth-order valence-corrected chi connectivity index (χ4v) is 0.787. The molecule has 1 aromatic heterocycles. The minimum absolute atomic E-state index is 0.158. The Kier molecular flexibility index (Phi) is 3.05. The van der Waals surface area contributed by atoms with Gasteiger partial charge in [-0.3, -0.25) is 5.41 Å². The SMILES string of the molecule is CCOC(=O)Nn1ccc(C(=N)N)n1. The zero-order chi connectivity index (χ0) is 10.6. The van der Waals surface area contributed by atoms with Gasteiger partial charge in [0.15, 0.2) is 0 Å². The molecule has 0 aromatic carbocycles. The lowest BCUT2D eigenvalue weighted by Gasteiger charge is -2.03. The highest BCUT2D eigenvalue weighted by Gasteiger charge is 2.04. The van der Waals surface area contributed by atoms with Crippen LogP contribution in [0.1, 0.15) is 12.6 Å². The van der Waals surface area contributed by atoms with Crippen LogP contribution in [-0.2, 0) is 4.74 Å². The summed E-state index contributed by atoms with van der Waals surface area (Å²) in [5.74, 6) is -0.158. The van der Waals surface area contributed by atoms with Gasteiger partial charge in [0.05, 0.1) is 6.61 Å². The summed E-state index contributed by atoms with van der Waals surface area (Å²) in [6.45, 7) is 1.98. The average Bonchev–Trinajstić information content (AvgIpc) is 2.53. The first kappa shape index (κ1) is 10.0. The van der Waals surface area contributed by atoms with E-state index in [4.69, 9.17) is 11.1 Å². The van der Waals surface area contributed by atoms with Crippen molar-refractivity contribution in [2.45, 2.75) is 6.92 Å². The number of rotatable bonds is 3. The van der Waals surface area contributed by atoms with E-state index in [1.807, 2.05) is 0 Å². The Bertz CT molecular complexity index is 346. The summed E-state index contributed by atoms with van der Waals surface area (Å²) in [4.78, 5) is 12.0. The lowest BCUT2D eigenvalue weighted by atomic mass is 10.4. The monoisotopic (exact) mass is 197 g/mol. The molecule has 0 bridgehead atoms. The lowest BCUT2D eigenvalue weighted by Crippen LogP contribution is -2.24. The van der Waals surface area contributed by atoms with Gasteiger partial charge >= 0.3 is 6.09 Å². The zero-order valence-corrected chi connectivity index (χ0v) is 7.65. The normalized spacial score (nSPS) is 9.50. The van der Waals surface area contributed by atoms with Crippen LogP contribution in [0.2, 0.25) is 0 Å². The van der Waals surface area contributed by atoms with Gasteiger partial charge < -0.3 is 10.5 Å². The molecule has 14 heavy (non-hydrogen) atoms. The minimum Gasteiger partial charge on any atom is -0.449 e. The van der Waals surface area contributed by atoms with Crippen molar-refractivity contribution in [1.29, 1.82) is 5.41 Å². The van der Waals surface area contributed by atoms with E-state index in [-0.39, 0.29) is 12.4 Å². The topological polar surface area (TPSA) is 106 Å². The summed E-state index contributed by atoms with van der Waals surface area (Å²) >= 11 is 0. The van der Waals surface area contributed by atoms with Crippen LogP contribution >= 0.6 is 0 Å². The molecule has 1 amide bonds. The number of nitrogens with zero attached hydrogens (tertiary/aromatic N) is 2. The van der Waals surface area contributed by atoms with Crippen molar-refractivity contribution in [3.05, 3.63) is 18.0 Å². The number of nitrogens with one attached hydrogen (secondary N) is 2. The highest BCUT2D eigenvalue weighted by molar-refractivity contribution is 5.92. The summed E-state index contributed by atoms with van der Waals surface area (Å²) in [5.41, 5.74) is 7.78. The van der Waals surface area contributed by atoms with E-state index >= 15 is 0 Å². The maximum absolute atomic E-state index is 10.9. The molecule has 0 saturated carbocycles. The zero-order valence-electron chi connectivity index (χ0n) is 7.65. The van der Waals surface area contributed by atoms with Crippen molar-refractivity contribution >= 4 is 11.9 Å². The average molecular weight is 197 g/mol. The number of amidine groups is 1. The molecular formula is C7H11N5O2. The Morgan fingerprint density at radius 3 is 3.07 bits per heavy atom. The molecule has 0 atom stereocenters. The van der Waals surface area contributed by atoms with E-state index in [2.05, 4.69) is 15.3 Å². The fraction of sp³-hybridized carbons (Fsp3) is 0.286. The number of amides is 1. The number of hydrogen-bond donors (Lipinski definition) is 3. The molecule has 0 saturated heterocycles. The van der Waals surface area contributed by atoms with Gasteiger partial charge in [-0.2, -0.15) is 4.79 Å². The van der Waals surface area contributed by atoms with Crippen molar-refractivity contribution in [3.8, 4) is 0 Å². The minimum atomic E-state index is -0.606. The summed E-state index contributed by atoms with van der Waals surface area (Å²) in [7, 11) is 0. The standard InChI is InChI=1S/C7H11N5O2/c1-2-14-7(13)11-12-4-3-5(10-12)6(8)9/h3-4H,2H2,1H3,(H3,8,9)(H,11,13). The lowest BCUT2D eigenvalue weighted by molar-refractivity contribution is 0.163. The van der Waals surface area contributed by atoms with Gasteiger partial charge in [0.25, 0.3) is 0 Å². The number of carbonyl (C=O) groups is 1. The van der Waals surface area contributed by atoms with Gasteiger partial charge in [-0.25, -0.2) is 10.2 Å². The van der Waals surface area contributed by atoms with Gasteiger partial charge in [-0.05, 0) is 13.0 Å². The molecule has 0 fully saturated rings. The molecule has 1 aromatic rings. The molecule has 4 N–H and O–H groups in total. The van der Waals surface area contributed by atoms with Gasteiger partial charge in [-0.1, -0.05) is 0 Å². The number of hydrogen-bond acceptors (Lipinski definition) is 4. The first-order chi connectivity index (χ1) is 6.63. The van der Waals surface area contributed by atoms with Gasteiger partial charge in [0.1, 0.15) is 11.5 Å². The summed E-state index contributed by atoms with van der Waals surface area (Å²) in [6.07, 6.45) is 0.860. The molecule has 0 aliphatic rings. The first-order valence-corrected chi connectivity index (χ1v) is 3.97. The third kappa shape index (κ3) is 2.47. The van der Waals surface area contributed by atoms with Crippen LogP contribution in [0.25, 0.3) is 0 Å². The number of nitrogen functional groups attached to an aromatic ring is 1. The Hall–Kier alpha value is -2.05. The van der Waals surface area contributed by atoms with Crippen LogP contribution in [0.3, 0.4) is 0 Å². The number of aromatic nitrogens is 2. The van der Waals surface area contributed by atoms with Crippen LogP contribution in [0, 0.1) is 5.41 Å². The van der Waals surface area contributed by atoms with Crippen molar-refractivity contribution in [2.75, 3.05) is 12.0 Å². The van der Waals surface area contributed by atoms with E-state index in [9.17, 15) is 4.79 Å². The van der Waals surface area contributed by atoms with E-state index < -0.39 is 6.09 Å². The van der Waals surface area contributed by atoms with Crippen LogP contribution in [-0.4, -0.2) is 28.4 Å². The fourth-order valence-electron chi connectivity index (χ4n) is 0.787. The van der Waals surface area contributed by atoms with Crippen molar-refractivity contribution in [2.24, 2.45) is 5.73 Å². The van der Waals surface area contributed by atoms with Gasteiger partial charge in [-0.15, -0.1) is 5.10 Å². The number of carbonyl (C=O) groups excluding carboxylic acids is 1. The first-order valence-electron chi connectivity index (χ1n) is 3.97. The van der Waals surface area contributed by atoms with Crippen LogP contribution in [0.15, 0.2) is 12.3 Å². The van der Waals surface area contributed by atoms with Crippen molar-refractivity contribution < 1.29 is 9.53 Å². The summed E-state index contributed by atoms with van der Waals surface area (Å²) < 4.78 is 4.62. The molecule has 0 radical (unpaired) electrons. The van der Waals surface area contributed by atoms with Crippen LogP contribution < -0.4 is 11.2 Å². The van der Waals surface area contributed by atoms with Gasteiger partial charge in [0.2, 0.25) is 0 Å². The summed E-state index contributed by atoms with van der Waals surface area (Å²) in [6, 6.07) is 1.51. The molecule has 0 aliphatic heterocycles. The highest BCUT2D eigenvalue weighted by Crippen LogP contribution is 1.92. The number of ether oxygens (including phenoxy) is 1. The Morgan fingerprint density at radius 2 is 2.57 bits per heavy atom. The van der Waals surface area contributed by atoms with E-state index in [1.165, 1.54) is 12.3 Å². The molecule has 7 nitrogen and oxygen atoms in total. The highest BCUT2D eigenvalue weighted by atomic mass is 16.6. The second-order valence-corrected chi connectivity index (χ2v) is 2.39. The van der Waals surface area contributed by atoms with E-state index in [1.54, 1.807) is 6.92 Å². The number of nitrogens with two attached hydrogens (primary N) is 1. The van der Waals surface area contributed by atoms with Crippen molar-refractivity contribution in [1.82, 2.24) is 9.89 Å². The molecule has 0 unspecified atom stereocenters. The smallest absolute Gasteiger partial charge is 0.427 e. The Balaban J connectivity index is 2.59. The van der Waals surface area contributed by atoms with E-state index in [0.29, 0.717) is 5.69 Å². The van der Waals surface area contributed by atoms with E-state index in [0.717, 1.165) is 4.79 Å². The quantitative estimate of drug-likeness (QED) is 0.463. The third-order valence-corrected chi connectivity index (χ3v) is 1.35. The predicted octanol–water partition coefficient (Wildman–Crippen LogP) is -0.133. The van der Waals surface area contributed by atoms with Crippen LogP contribution in [0.5, 0.6) is 0 Å². The molecule has 0 aliphatic carbocycles. The second-order valence-electron chi connectivity index (χ2n) is 2.39. The summed E-state index contributed by atoms with van der Waals surface area (Å²) in [5, 5.41) is 10.9.